The molecule has 0 amide bonds. The third-order valence-corrected chi connectivity index (χ3v) is 4.56. The van der Waals surface area contributed by atoms with Gasteiger partial charge in [-0.1, -0.05) is 6.92 Å². The summed E-state index contributed by atoms with van der Waals surface area (Å²) in [6.45, 7) is 1.23. The van der Waals surface area contributed by atoms with Gasteiger partial charge < -0.3 is 4.74 Å². The molecule has 3 rings (SSSR count). The lowest BCUT2D eigenvalue weighted by Crippen LogP contribution is -2.32. The smallest absolute Gasteiger partial charge is 0.422 e. The molecule has 0 aliphatic rings. The van der Waals surface area contributed by atoms with E-state index in [4.69, 9.17) is 0 Å². The number of alkyl halides is 5. The van der Waals surface area contributed by atoms with Crippen LogP contribution in [-0.2, 0) is 13.0 Å². The Balaban J connectivity index is 2.13. The number of nitrogens with zero attached hydrogens (tertiary/aromatic N) is 4. The molecule has 3 aromatic rings. The van der Waals surface area contributed by atoms with E-state index in [9.17, 15) is 26.7 Å². The molecule has 0 aliphatic carbocycles. The summed E-state index contributed by atoms with van der Waals surface area (Å²) in [5.74, 6) is -4.32. The first-order valence-electron chi connectivity index (χ1n) is 9.24. The van der Waals surface area contributed by atoms with Crippen molar-refractivity contribution in [1.82, 2.24) is 19.3 Å². The number of aryl methyl sites for hydroxylation is 1. The predicted octanol–water partition coefficient (Wildman–Crippen LogP) is 4.38. The van der Waals surface area contributed by atoms with Crippen molar-refractivity contribution in [1.29, 1.82) is 0 Å². The van der Waals surface area contributed by atoms with Gasteiger partial charge in [0.15, 0.2) is 12.4 Å². The number of hydrogen-bond acceptors (Lipinski definition) is 4. The molecule has 31 heavy (non-hydrogen) atoms. The highest BCUT2D eigenvalue weighted by molar-refractivity contribution is 5.61. The number of hydrogen-bond donors (Lipinski definition) is 0. The lowest BCUT2D eigenvalue weighted by atomic mass is 10.1. The van der Waals surface area contributed by atoms with Crippen molar-refractivity contribution in [2.75, 3.05) is 6.61 Å². The number of halogens is 5. The van der Waals surface area contributed by atoms with Gasteiger partial charge in [0.05, 0.1) is 17.6 Å². The largest absolute Gasteiger partial charge is 0.484 e. The fourth-order valence-corrected chi connectivity index (χ4v) is 2.93. The van der Waals surface area contributed by atoms with E-state index < -0.39 is 36.5 Å². The minimum Gasteiger partial charge on any atom is -0.484 e. The van der Waals surface area contributed by atoms with Crippen LogP contribution in [0.3, 0.4) is 0 Å². The maximum absolute atomic E-state index is 14.8. The van der Waals surface area contributed by atoms with Crippen LogP contribution in [0.1, 0.15) is 24.7 Å². The molecule has 2 aromatic heterocycles. The van der Waals surface area contributed by atoms with Gasteiger partial charge in [-0.05, 0) is 31.2 Å². The molecule has 0 fully saturated rings. The molecule has 6 nitrogen and oxygen atoms in total. The van der Waals surface area contributed by atoms with Crippen LogP contribution in [0, 0.1) is 6.92 Å². The quantitative estimate of drug-likeness (QED) is 0.532. The van der Waals surface area contributed by atoms with Crippen LogP contribution >= 0.6 is 0 Å². The molecule has 0 saturated carbocycles. The Kier molecular flexibility index (Phi) is 5.88. The molecule has 0 aliphatic heterocycles. The normalized spacial score (nSPS) is 12.3. The number of benzene rings is 1. The van der Waals surface area contributed by atoms with Gasteiger partial charge in [-0.15, -0.1) is 0 Å². The summed E-state index contributed by atoms with van der Waals surface area (Å²) in [6, 6.07) is 4.80. The van der Waals surface area contributed by atoms with Crippen LogP contribution in [0.15, 0.2) is 41.5 Å². The maximum atomic E-state index is 14.8. The van der Waals surface area contributed by atoms with Crippen LogP contribution < -0.4 is 10.3 Å². The lowest BCUT2D eigenvalue weighted by molar-refractivity contribution is -0.153. The second-order valence-corrected chi connectivity index (χ2v) is 6.91. The Labute approximate surface area is 173 Å². The van der Waals surface area contributed by atoms with Gasteiger partial charge in [-0.2, -0.15) is 27.1 Å². The summed E-state index contributed by atoms with van der Waals surface area (Å²) in [7, 11) is 1.64. The van der Waals surface area contributed by atoms with E-state index in [0.717, 1.165) is 4.57 Å². The third kappa shape index (κ3) is 4.75. The van der Waals surface area contributed by atoms with Crippen LogP contribution in [0.2, 0.25) is 0 Å². The Bertz CT molecular complexity index is 1130. The van der Waals surface area contributed by atoms with Crippen molar-refractivity contribution in [2.45, 2.75) is 32.4 Å². The highest BCUT2D eigenvalue weighted by Gasteiger charge is 2.36. The Morgan fingerprint density at radius 2 is 1.74 bits per heavy atom. The zero-order valence-corrected chi connectivity index (χ0v) is 16.9. The van der Waals surface area contributed by atoms with Crippen molar-refractivity contribution >= 4 is 0 Å². The van der Waals surface area contributed by atoms with Crippen molar-refractivity contribution in [3.63, 3.8) is 0 Å². The minimum absolute atomic E-state index is 0.0285. The second kappa shape index (κ2) is 8.12. The van der Waals surface area contributed by atoms with E-state index in [1.807, 2.05) is 0 Å². The summed E-state index contributed by atoms with van der Waals surface area (Å²) < 4.78 is 73.4. The zero-order chi connectivity index (χ0) is 23.0. The Hall–Kier alpha value is -3.24. The summed E-state index contributed by atoms with van der Waals surface area (Å²) in [6.07, 6.45) is -2.16. The molecule has 0 spiro atoms. The molecule has 0 bridgehead atoms. The molecule has 0 radical (unpaired) electrons. The first-order valence-corrected chi connectivity index (χ1v) is 9.24. The monoisotopic (exact) mass is 442 g/mol. The molecule has 1 aromatic carbocycles. The average molecular weight is 442 g/mol. The highest BCUT2D eigenvalue weighted by Crippen LogP contribution is 2.33. The van der Waals surface area contributed by atoms with E-state index in [1.165, 1.54) is 49.0 Å². The van der Waals surface area contributed by atoms with E-state index in [2.05, 4.69) is 14.8 Å². The minimum atomic E-state index is -4.52. The first-order chi connectivity index (χ1) is 14.4. The fourth-order valence-electron chi connectivity index (χ4n) is 2.93. The number of rotatable bonds is 6. The van der Waals surface area contributed by atoms with Crippen LogP contribution in [0.4, 0.5) is 22.0 Å². The van der Waals surface area contributed by atoms with E-state index in [0.29, 0.717) is 5.56 Å². The first kappa shape index (κ1) is 22.4. The fraction of sp³-hybridized carbons (Fsp3) is 0.350. The Morgan fingerprint density at radius 1 is 1.10 bits per heavy atom. The van der Waals surface area contributed by atoms with Gasteiger partial charge >= 0.3 is 12.1 Å². The van der Waals surface area contributed by atoms with Crippen molar-refractivity contribution < 1.29 is 26.7 Å². The van der Waals surface area contributed by atoms with Crippen LogP contribution in [0.25, 0.3) is 16.9 Å². The number of aromatic nitrogens is 4. The SMILES string of the molecule is CCC(F)(F)c1nc(-c2cnn(C)c2)c(C)c(=O)n1-c1ccc(OCC(F)(F)F)cc1. The summed E-state index contributed by atoms with van der Waals surface area (Å²) in [5.41, 5.74) is -0.0706. The van der Waals surface area contributed by atoms with Crippen molar-refractivity contribution in [3.05, 3.63) is 58.4 Å². The molecule has 166 valence electrons. The molecule has 0 atom stereocenters. The topological polar surface area (TPSA) is 61.9 Å². The van der Waals surface area contributed by atoms with Crippen molar-refractivity contribution in [3.8, 4) is 22.7 Å². The lowest BCUT2D eigenvalue weighted by Gasteiger charge is -2.21. The maximum Gasteiger partial charge on any atom is 0.422 e. The van der Waals surface area contributed by atoms with Crippen LogP contribution in [-0.4, -0.2) is 32.1 Å². The summed E-state index contributed by atoms with van der Waals surface area (Å²) in [4.78, 5) is 17.2. The van der Waals surface area contributed by atoms with Crippen LogP contribution in [0.5, 0.6) is 5.75 Å². The predicted molar refractivity (Wildman–Crippen MR) is 103 cm³/mol. The van der Waals surface area contributed by atoms with Gasteiger partial charge in [0, 0.05) is 30.8 Å². The zero-order valence-electron chi connectivity index (χ0n) is 16.9. The summed E-state index contributed by atoms with van der Waals surface area (Å²) >= 11 is 0. The second-order valence-electron chi connectivity index (χ2n) is 6.91. The van der Waals surface area contributed by atoms with Crippen molar-refractivity contribution in [2.24, 2.45) is 7.05 Å². The molecule has 0 saturated heterocycles. The van der Waals surface area contributed by atoms with Gasteiger partial charge in [-0.3, -0.25) is 14.0 Å². The van der Waals surface area contributed by atoms with Gasteiger partial charge in [0.25, 0.3) is 5.56 Å². The van der Waals surface area contributed by atoms with E-state index in [1.54, 1.807) is 13.2 Å². The molecular weight excluding hydrogens is 423 g/mol. The van der Waals surface area contributed by atoms with E-state index in [-0.39, 0.29) is 22.7 Å². The third-order valence-electron chi connectivity index (χ3n) is 4.56. The molecule has 0 N–H and O–H groups in total. The van der Waals surface area contributed by atoms with Gasteiger partial charge in [0.2, 0.25) is 0 Å². The van der Waals surface area contributed by atoms with E-state index >= 15 is 0 Å². The molecule has 2 heterocycles. The Morgan fingerprint density at radius 3 is 2.26 bits per heavy atom. The average Bonchev–Trinajstić information content (AvgIpc) is 3.14. The molecule has 11 heteroatoms. The molecule has 0 unspecified atom stereocenters. The standard InChI is InChI=1S/C20H19F5N4O2/c1-4-19(21,22)18-27-16(13-9-26-28(3)10-13)12(2)17(30)29(18)14-5-7-15(8-6-14)31-11-20(23,24)25/h5-10H,4,11H2,1-3H3. The number of ether oxygens (including phenoxy) is 1. The highest BCUT2D eigenvalue weighted by atomic mass is 19.4. The van der Waals surface area contributed by atoms with Gasteiger partial charge in [0.1, 0.15) is 5.75 Å². The molecular formula is C20H19F5N4O2. The van der Waals surface area contributed by atoms with Gasteiger partial charge in [-0.25, -0.2) is 4.98 Å². The summed E-state index contributed by atoms with van der Waals surface area (Å²) in [5, 5.41) is 3.99.